The van der Waals surface area contributed by atoms with Gasteiger partial charge >= 0.3 is 0 Å². The second-order valence-electron chi connectivity index (χ2n) is 4.49. The zero-order chi connectivity index (χ0) is 15.9. The molecule has 0 aliphatic heterocycles. The number of hydrogen-bond donors (Lipinski definition) is 1. The van der Waals surface area contributed by atoms with Crippen LogP contribution in [0.1, 0.15) is 0 Å². The van der Waals surface area contributed by atoms with Gasteiger partial charge in [-0.2, -0.15) is 0 Å². The lowest BCUT2D eigenvalue weighted by molar-refractivity contribution is 0.325. The van der Waals surface area contributed by atoms with Crippen LogP contribution in [0.25, 0.3) is 0 Å². The Morgan fingerprint density at radius 3 is 2.65 bits per heavy atom. The van der Waals surface area contributed by atoms with Gasteiger partial charge in [-0.1, -0.05) is 53.4 Å². The van der Waals surface area contributed by atoms with Crippen LogP contribution in [0.5, 0.6) is 5.75 Å². The van der Waals surface area contributed by atoms with Crippen LogP contribution in [0.3, 0.4) is 0 Å². The topological polar surface area (TPSA) is 47.0 Å². The molecule has 0 aliphatic carbocycles. The quantitative estimate of drug-likeness (QED) is 0.500. The van der Waals surface area contributed by atoms with Gasteiger partial charge in [-0.3, -0.25) is 0 Å². The predicted octanol–water partition coefficient (Wildman–Crippen LogP) is 4.59. The van der Waals surface area contributed by atoms with Gasteiger partial charge in [-0.15, -0.1) is 10.2 Å². The molecular weight excluding hydrogens is 333 g/mol. The maximum atomic E-state index is 13.4. The predicted molar refractivity (Wildman–Crippen MR) is 92.3 cm³/mol. The van der Waals surface area contributed by atoms with Gasteiger partial charge in [0.05, 0.1) is 6.61 Å². The molecule has 0 bridgehead atoms. The Labute approximate surface area is 141 Å². The molecule has 0 spiro atoms. The minimum absolute atomic E-state index is 0.275. The molecule has 118 valence electrons. The van der Waals surface area contributed by atoms with E-state index in [1.807, 2.05) is 30.3 Å². The van der Waals surface area contributed by atoms with E-state index in [1.165, 1.54) is 29.2 Å². The van der Waals surface area contributed by atoms with E-state index in [4.69, 9.17) is 4.74 Å². The van der Waals surface area contributed by atoms with Crippen molar-refractivity contribution < 1.29 is 9.13 Å². The maximum Gasteiger partial charge on any atom is 0.210 e. The second-order valence-corrected chi connectivity index (χ2v) is 6.81. The Bertz CT molecular complexity index is 752. The van der Waals surface area contributed by atoms with E-state index in [-0.39, 0.29) is 11.6 Å². The zero-order valence-electron chi connectivity index (χ0n) is 12.1. The number of rotatable bonds is 7. The van der Waals surface area contributed by atoms with Crippen molar-refractivity contribution in [3.05, 3.63) is 60.4 Å². The summed E-state index contributed by atoms with van der Waals surface area (Å²) in [5.74, 6) is 0.605. The van der Waals surface area contributed by atoms with Crippen molar-refractivity contribution in [2.24, 2.45) is 0 Å². The molecule has 0 saturated heterocycles. The van der Waals surface area contributed by atoms with Gasteiger partial charge in [-0.05, 0) is 24.3 Å². The monoisotopic (exact) mass is 347 g/mol. The summed E-state index contributed by atoms with van der Waals surface area (Å²) in [6, 6.07) is 16.2. The Hall–Kier alpha value is -2.12. The molecule has 7 heteroatoms. The number of para-hydroxylation sites is 2. The van der Waals surface area contributed by atoms with Crippen LogP contribution in [0, 0.1) is 5.82 Å². The number of hydrogen-bond acceptors (Lipinski definition) is 6. The number of aromatic nitrogens is 2. The average Bonchev–Trinajstić information content (AvgIpc) is 3.01. The van der Waals surface area contributed by atoms with Crippen LogP contribution in [-0.2, 0) is 0 Å². The summed E-state index contributed by atoms with van der Waals surface area (Å²) >= 11 is 3.01. The fourth-order valence-electron chi connectivity index (χ4n) is 1.81. The van der Waals surface area contributed by atoms with Gasteiger partial charge in [0.15, 0.2) is 15.9 Å². The van der Waals surface area contributed by atoms with Gasteiger partial charge in [0.1, 0.15) is 0 Å². The Kier molecular flexibility index (Phi) is 5.44. The summed E-state index contributed by atoms with van der Waals surface area (Å²) in [7, 11) is 0. The van der Waals surface area contributed by atoms with Crippen molar-refractivity contribution in [1.82, 2.24) is 10.2 Å². The number of nitrogens with one attached hydrogen (secondary N) is 1. The third-order valence-corrected chi connectivity index (χ3v) is 4.77. The molecule has 0 aliphatic rings. The fraction of sp³-hybridized carbons (Fsp3) is 0.125. The molecule has 1 N–H and O–H groups in total. The minimum atomic E-state index is -0.345. The highest BCUT2D eigenvalue weighted by Crippen LogP contribution is 2.27. The largest absolute Gasteiger partial charge is 0.490 e. The number of ether oxygens (including phenoxy) is 1. The molecule has 0 atom stereocenters. The van der Waals surface area contributed by atoms with Gasteiger partial charge in [0.25, 0.3) is 0 Å². The third-order valence-electron chi connectivity index (χ3n) is 2.83. The number of nitrogens with zero attached hydrogens (tertiary/aromatic N) is 2. The van der Waals surface area contributed by atoms with Crippen molar-refractivity contribution in [2.45, 2.75) is 4.34 Å². The first-order valence-corrected chi connectivity index (χ1v) is 8.77. The molecule has 0 unspecified atom stereocenters. The normalized spacial score (nSPS) is 10.5. The van der Waals surface area contributed by atoms with Crippen LogP contribution in [-0.4, -0.2) is 22.6 Å². The molecule has 0 amide bonds. The van der Waals surface area contributed by atoms with Crippen molar-refractivity contribution in [2.75, 3.05) is 17.7 Å². The lowest BCUT2D eigenvalue weighted by Crippen LogP contribution is -2.01. The van der Waals surface area contributed by atoms with Crippen LogP contribution >= 0.6 is 23.1 Å². The number of thioether (sulfide) groups is 1. The minimum Gasteiger partial charge on any atom is -0.490 e. The number of anilines is 2. The number of benzene rings is 2. The highest BCUT2D eigenvalue weighted by Gasteiger charge is 2.06. The summed E-state index contributed by atoms with van der Waals surface area (Å²) in [6.45, 7) is 0.409. The summed E-state index contributed by atoms with van der Waals surface area (Å²) in [4.78, 5) is 0. The SMILES string of the molecule is Fc1ccccc1OCCSc1nnc(Nc2ccccc2)s1. The lowest BCUT2D eigenvalue weighted by atomic mass is 10.3. The fourth-order valence-corrected chi connectivity index (χ4v) is 3.47. The van der Waals surface area contributed by atoms with Crippen LogP contribution in [0.4, 0.5) is 15.2 Å². The molecule has 3 rings (SSSR count). The van der Waals surface area contributed by atoms with Crippen LogP contribution in [0.15, 0.2) is 58.9 Å². The van der Waals surface area contributed by atoms with Gasteiger partial charge in [0.2, 0.25) is 5.13 Å². The van der Waals surface area contributed by atoms with Gasteiger partial charge < -0.3 is 10.1 Å². The average molecular weight is 347 g/mol. The molecule has 1 heterocycles. The van der Waals surface area contributed by atoms with Crippen LogP contribution in [0.2, 0.25) is 0 Å². The summed E-state index contributed by atoms with van der Waals surface area (Å²) in [6.07, 6.45) is 0. The smallest absolute Gasteiger partial charge is 0.210 e. The molecule has 0 fully saturated rings. The molecule has 23 heavy (non-hydrogen) atoms. The first-order chi connectivity index (χ1) is 11.3. The van der Waals surface area contributed by atoms with Crippen LogP contribution < -0.4 is 10.1 Å². The standard InChI is InChI=1S/C16H14FN3OS2/c17-13-8-4-5-9-14(13)21-10-11-22-16-20-19-15(23-16)18-12-6-2-1-3-7-12/h1-9H,10-11H2,(H,18,19). The molecule has 0 saturated carbocycles. The molecule has 0 radical (unpaired) electrons. The Balaban J connectivity index is 1.45. The summed E-state index contributed by atoms with van der Waals surface area (Å²) in [5, 5.41) is 12.2. The van der Waals surface area contributed by atoms with E-state index in [0.717, 1.165) is 15.2 Å². The van der Waals surface area contributed by atoms with E-state index in [1.54, 1.807) is 18.2 Å². The van der Waals surface area contributed by atoms with Gasteiger partial charge in [0, 0.05) is 11.4 Å². The summed E-state index contributed by atoms with van der Waals surface area (Å²) < 4.78 is 19.6. The number of halogens is 1. The highest BCUT2D eigenvalue weighted by atomic mass is 32.2. The van der Waals surface area contributed by atoms with E-state index in [0.29, 0.717) is 12.4 Å². The van der Waals surface area contributed by atoms with Crippen molar-refractivity contribution in [1.29, 1.82) is 0 Å². The maximum absolute atomic E-state index is 13.4. The van der Waals surface area contributed by atoms with Crippen molar-refractivity contribution in [3.63, 3.8) is 0 Å². The van der Waals surface area contributed by atoms with E-state index in [9.17, 15) is 4.39 Å². The lowest BCUT2D eigenvalue weighted by Gasteiger charge is -2.05. The van der Waals surface area contributed by atoms with E-state index < -0.39 is 0 Å². The molecular formula is C16H14FN3OS2. The van der Waals surface area contributed by atoms with E-state index >= 15 is 0 Å². The molecule has 2 aromatic carbocycles. The summed E-state index contributed by atoms with van der Waals surface area (Å²) in [5.41, 5.74) is 0.975. The second kappa shape index (κ2) is 7.94. The molecule has 1 aromatic heterocycles. The Morgan fingerprint density at radius 2 is 1.83 bits per heavy atom. The van der Waals surface area contributed by atoms with Gasteiger partial charge in [-0.25, -0.2) is 4.39 Å². The third kappa shape index (κ3) is 4.67. The molecule has 3 aromatic rings. The van der Waals surface area contributed by atoms with Crippen molar-refractivity contribution in [3.8, 4) is 5.75 Å². The zero-order valence-corrected chi connectivity index (χ0v) is 13.7. The first-order valence-electron chi connectivity index (χ1n) is 6.97. The van der Waals surface area contributed by atoms with E-state index in [2.05, 4.69) is 15.5 Å². The molecule has 4 nitrogen and oxygen atoms in total. The van der Waals surface area contributed by atoms with Crippen molar-refractivity contribution >= 4 is 33.9 Å². The Morgan fingerprint density at radius 1 is 1.04 bits per heavy atom. The highest BCUT2D eigenvalue weighted by molar-refractivity contribution is 8.01. The first kappa shape index (κ1) is 15.8.